The van der Waals surface area contributed by atoms with Gasteiger partial charge in [0.15, 0.2) is 0 Å². The van der Waals surface area contributed by atoms with Gasteiger partial charge in [-0.1, -0.05) is 184 Å². The average molecular weight is 817 g/mol. The third-order valence-electron chi connectivity index (χ3n) is 14.4. The zero-order valence-electron chi connectivity index (χ0n) is 35.8. The van der Waals surface area contributed by atoms with Gasteiger partial charge in [-0.05, 0) is 127 Å². The molecule has 10 aromatic rings. The van der Waals surface area contributed by atoms with E-state index in [9.17, 15) is 0 Å². The van der Waals surface area contributed by atoms with Crippen LogP contribution in [0.5, 0.6) is 0 Å². The lowest BCUT2D eigenvalue weighted by Gasteiger charge is -2.34. The molecule has 0 fully saturated rings. The summed E-state index contributed by atoms with van der Waals surface area (Å²) in [4.78, 5) is 4.94. The van der Waals surface area contributed by atoms with E-state index in [0.717, 1.165) is 22.7 Å². The monoisotopic (exact) mass is 816 g/mol. The zero-order chi connectivity index (χ0) is 42.6. The molecule has 3 aliphatic carbocycles. The maximum absolute atomic E-state index is 2.51. The summed E-state index contributed by atoms with van der Waals surface area (Å²) in [5, 5.41) is 2.48. The molecule has 2 heteroatoms. The number of anilines is 6. The summed E-state index contributed by atoms with van der Waals surface area (Å²) in [6, 6.07) is 85.7. The number of nitrogens with zero attached hydrogens (tertiary/aromatic N) is 2. The minimum atomic E-state index is -0.564. The quantitative estimate of drug-likeness (QED) is 0.165. The topological polar surface area (TPSA) is 6.48 Å². The molecule has 13 rings (SSSR count). The summed E-state index contributed by atoms with van der Waals surface area (Å²) in [6.07, 6.45) is 0. The van der Waals surface area contributed by atoms with Gasteiger partial charge in [0.1, 0.15) is 0 Å². The normalized spacial score (nSPS) is 15.5. The fourth-order valence-electron chi connectivity index (χ4n) is 11.8. The third kappa shape index (κ3) is 4.97. The Morgan fingerprint density at radius 3 is 1.41 bits per heavy atom. The van der Waals surface area contributed by atoms with Crippen molar-refractivity contribution in [3.63, 3.8) is 0 Å². The lowest BCUT2D eigenvalue weighted by molar-refractivity contribution is 0.660. The minimum absolute atomic E-state index is 0.131. The summed E-state index contributed by atoms with van der Waals surface area (Å²) in [7, 11) is 0. The molecule has 1 spiro atoms. The Morgan fingerprint density at radius 2 is 0.766 bits per heavy atom. The van der Waals surface area contributed by atoms with Crippen molar-refractivity contribution >= 4 is 44.9 Å². The van der Waals surface area contributed by atoms with E-state index < -0.39 is 5.41 Å². The summed E-state index contributed by atoms with van der Waals surface area (Å²) < 4.78 is 0. The van der Waals surface area contributed by atoms with Crippen LogP contribution < -0.4 is 9.80 Å². The van der Waals surface area contributed by atoms with Crippen molar-refractivity contribution in [3.05, 3.63) is 264 Å². The first-order valence-electron chi connectivity index (χ1n) is 22.4. The van der Waals surface area contributed by atoms with Crippen LogP contribution in [-0.2, 0) is 10.8 Å². The number of fused-ring (bicyclic) bond motifs is 15. The van der Waals surface area contributed by atoms with E-state index in [1.807, 2.05) is 0 Å². The first-order chi connectivity index (χ1) is 31.5. The summed E-state index contributed by atoms with van der Waals surface area (Å²) in [5.41, 5.74) is 22.0. The van der Waals surface area contributed by atoms with Gasteiger partial charge in [-0.2, -0.15) is 0 Å². The van der Waals surface area contributed by atoms with Crippen molar-refractivity contribution in [1.82, 2.24) is 0 Å². The van der Waals surface area contributed by atoms with E-state index in [4.69, 9.17) is 0 Å². The van der Waals surface area contributed by atoms with E-state index in [0.29, 0.717) is 0 Å². The second-order valence-corrected chi connectivity index (χ2v) is 18.0. The van der Waals surface area contributed by atoms with E-state index in [-0.39, 0.29) is 5.41 Å². The zero-order valence-corrected chi connectivity index (χ0v) is 35.8. The van der Waals surface area contributed by atoms with Gasteiger partial charge in [-0.15, -0.1) is 0 Å². The largest absolute Gasteiger partial charge is 0.310 e. The Balaban J connectivity index is 1.10. The molecular formula is C62H44N2. The first kappa shape index (κ1) is 36.7. The van der Waals surface area contributed by atoms with E-state index in [2.05, 4.69) is 254 Å². The van der Waals surface area contributed by atoms with E-state index >= 15 is 0 Å². The molecule has 0 saturated heterocycles. The van der Waals surface area contributed by atoms with Crippen molar-refractivity contribution < 1.29 is 0 Å². The maximum atomic E-state index is 2.51. The Bertz CT molecular complexity index is 3440. The number of hydrogen-bond acceptors (Lipinski definition) is 2. The van der Waals surface area contributed by atoms with Gasteiger partial charge >= 0.3 is 0 Å². The van der Waals surface area contributed by atoms with Gasteiger partial charge in [-0.3, -0.25) is 0 Å². The second kappa shape index (κ2) is 13.8. The summed E-state index contributed by atoms with van der Waals surface area (Å²) in [5.74, 6) is 0. The Kier molecular flexibility index (Phi) is 7.90. The van der Waals surface area contributed by atoms with Crippen LogP contribution >= 0.6 is 0 Å². The van der Waals surface area contributed by atoms with Gasteiger partial charge in [0, 0.05) is 39.1 Å². The predicted octanol–water partition coefficient (Wildman–Crippen LogP) is 16.4. The Hall–Kier alpha value is -7.94. The van der Waals surface area contributed by atoms with Gasteiger partial charge in [0.05, 0.1) is 16.8 Å². The summed E-state index contributed by atoms with van der Waals surface area (Å²) >= 11 is 0. The smallest absolute Gasteiger partial charge is 0.0732 e. The molecule has 0 heterocycles. The van der Waals surface area contributed by atoms with Crippen LogP contribution in [0.15, 0.2) is 231 Å². The molecule has 302 valence electrons. The van der Waals surface area contributed by atoms with Crippen LogP contribution in [0.3, 0.4) is 0 Å². The third-order valence-corrected chi connectivity index (χ3v) is 14.4. The number of para-hydroxylation sites is 3. The predicted molar refractivity (Wildman–Crippen MR) is 267 cm³/mol. The summed E-state index contributed by atoms with van der Waals surface area (Å²) in [6.45, 7) is 4.74. The van der Waals surface area contributed by atoms with Crippen LogP contribution in [0.4, 0.5) is 34.1 Å². The fraction of sp³-hybridized carbons (Fsp3) is 0.0645. The van der Waals surface area contributed by atoms with Crippen LogP contribution in [0.25, 0.3) is 44.2 Å². The van der Waals surface area contributed by atoms with Gasteiger partial charge in [-0.25, -0.2) is 0 Å². The lowest BCUT2D eigenvalue weighted by atomic mass is 9.69. The molecule has 1 unspecified atom stereocenters. The van der Waals surface area contributed by atoms with Gasteiger partial charge < -0.3 is 9.80 Å². The standard InChI is InChI=1S/C62H44N2/c1-61(2)52-32-17-14-27-45(52)47-38-37-44(39-56(47)61)64(43-25-10-5-11-26-43)58-40-51-46-28-15-18-33-53(46)62(60(51)49-30-13-12-29-48(49)58)54-34-19-16-31-50(54)59-55(62)35-20-36-57(59)63(41-21-6-3-7-22-41)42-23-8-4-9-24-42/h3-40H,1-2H3. The molecule has 0 radical (unpaired) electrons. The molecule has 0 saturated carbocycles. The van der Waals surface area contributed by atoms with E-state index in [1.165, 1.54) is 88.9 Å². The number of hydrogen-bond donors (Lipinski definition) is 0. The molecule has 0 aromatic heterocycles. The highest BCUT2D eigenvalue weighted by atomic mass is 15.2. The van der Waals surface area contributed by atoms with Crippen molar-refractivity contribution in [1.29, 1.82) is 0 Å². The molecular weight excluding hydrogens is 773 g/mol. The van der Waals surface area contributed by atoms with Crippen molar-refractivity contribution in [2.75, 3.05) is 9.80 Å². The molecule has 0 bridgehead atoms. The first-order valence-corrected chi connectivity index (χ1v) is 22.4. The molecule has 1 atom stereocenters. The van der Waals surface area contributed by atoms with Crippen molar-refractivity contribution in [2.24, 2.45) is 0 Å². The highest BCUT2D eigenvalue weighted by Crippen LogP contribution is 2.67. The number of rotatable bonds is 6. The highest BCUT2D eigenvalue weighted by Gasteiger charge is 2.53. The lowest BCUT2D eigenvalue weighted by Crippen LogP contribution is -2.26. The van der Waals surface area contributed by atoms with Crippen LogP contribution in [0.2, 0.25) is 0 Å². The second-order valence-electron chi connectivity index (χ2n) is 18.0. The molecule has 0 amide bonds. The minimum Gasteiger partial charge on any atom is -0.310 e. The van der Waals surface area contributed by atoms with E-state index in [1.54, 1.807) is 0 Å². The molecule has 10 aromatic carbocycles. The van der Waals surface area contributed by atoms with Gasteiger partial charge in [0.2, 0.25) is 0 Å². The number of benzene rings is 10. The average Bonchev–Trinajstić information content (AvgIpc) is 3.91. The highest BCUT2D eigenvalue weighted by molar-refractivity contribution is 6.11. The molecule has 64 heavy (non-hydrogen) atoms. The van der Waals surface area contributed by atoms with Crippen LogP contribution in [0, 0.1) is 0 Å². The van der Waals surface area contributed by atoms with Crippen molar-refractivity contribution in [3.8, 4) is 33.4 Å². The van der Waals surface area contributed by atoms with Gasteiger partial charge in [0.25, 0.3) is 0 Å². The maximum Gasteiger partial charge on any atom is 0.0732 e. The fourth-order valence-corrected chi connectivity index (χ4v) is 11.8. The molecule has 3 aliphatic rings. The van der Waals surface area contributed by atoms with Crippen LogP contribution in [-0.4, -0.2) is 0 Å². The Labute approximate surface area is 375 Å². The SMILES string of the molecule is CC1(C)c2ccccc2-c2ccc(N(c3ccccc3)c3cc4c(c5ccccc35)C3(c5ccccc5-4)c4ccccc4-c4c(N(c5ccccc5)c5ccccc5)cccc43)cc21. The Morgan fingerprint density at radius 1 is 0.297 bits per heavy atom. The molecule has 2 nitrogen and oxygen atoms in total. The van der Waals surface area contributed by atoms with Crippen LogP contribution in [0.1, 0.15) is 47.2 Å². The molecule has 0 N–H and O–H groups in total. The molecule has 0 aliphatic heterocycles. The van der Waals surface area contributed by atoms with Crippen molar-refractivity contribution in [2.45, 2.75) is 24.7 Å².